The number of methoxy groups -OCH3 is 1. The fraction of sp³-hybridized carbons (Fsp3) is 0.500. The number of ether oxygens (including phenoxy) is 4. The van der Waals surface area contributed by atoms with Crippen molar-refractivity contribution in [2.24, 2.45) is 0 Å². The summed E-state index contributed by atoms with van der Waals surface area (Å²) in [7, 11) is -1.93. The molecule has 0 saturated carbocycles. The van der Waals surface area contributed by atoms with Crippen LogP contribution in [0, 0.1) is 0 Å². The fourth-order valence-corrected chi connectivity index (χ4v) is 2.04. The number of anilines is 1. The number of epoxide rings is 1. The maximum absolute atomic E-state index is 11.4. The first kappa shape index (κ1) is 14.9. The molecule has 2 rings (SSSR count). The maximum atomic E-state index is 11.4. The van der Waals surface area contributed by atoms with Gasteiger partial charge in [0.05, 0.1) is 18.6 Å². The highest BCUT2D eigenvalue weighted by molar-refractivity contribution is 7.92. The van der Waals surface area contributed by atoms with E-state index in [4.69, 9.17) is 18.9 Å². The van der Waals surface area contributed by atoms with Gasteiger partial charge in [-0.15, -0.1) is 0 Å². The van der Waals surface area contributed by atoms with Gasteiger partial charge < -0.3 is 18.9 Å². The Bertz CT molecular complexity index is 555. The van der Waals surface area contributed by atoms with Crippen molar-refractivity contribution >= 4 is 15.7 Å². The SMILES string of the molecule is COCOc1ccc(OCC2CO2)cc1NS(C)(=O)=O. The van der Waals surface area contributed by atoms with Gasteiger partial charge in [-0.3, -0.25) is 4.72 Å². The van der Waals surface area contributed by atoms with E-state index < -0.39 is 10.0 Å². The number of nitrogens with one attached hydrogen (secondary N) is 1. The zero-order valence-corrected chi connectivity index (χ0v) is 12.1. The molecule has 1 N–H and O–H groups in total. The lowest BCUT2D eigenvalue weighted by atomic mass is 10.3. The third-order valence-electron chi connectivity index (χ3n) is 2.42. The summed E-state index contributed by atoms with van der Waals surface area (Å²) < 4.78 is 45.7. The average Bonchev–Trinajstić information content (AvgIpc) is 3.17. The molecule has 0 amide bonds. The van der Waals surface area contributed by atoms with E-state index in [0.717, 1.165) is 6.26 Å². The summed E-state index contributed by atoms with van der Waals surface area (Å²) in [5, 5.41) is 0. The van der Waals surface area contributed by atoms with Crippen molar-refractivity contribution in [3.63, 3.8) is 0 Å². The first-order valence-electron chi connectivity index (χ1n) is 5.96. The first-order valence-corrected chi connectivity index (χ1v) is 7.85. The van der Waals surface area contributed by atoms with E-state index >= 15 is 0 Å². The Hall–Kier alpha value is -1.51. The van der Waals surface area contributed by atoms with Gasteiger partial charge in [0.2, 0.25) is 10.0 Å². The van der Waals surface area contributed by atoms with E-state index in [1.54, 1.807) is 18.2 Å². The quantitative estimate of drug-likeness (QED) is 0.565. The molecule has 0 radical (unpaired) electrons. The second-order valence-corrected chi connectivity index (χ2v) is 6.10. The highest BCUT2D eigenvalue weighted by atomic mass is 32.2. The molecule has 1 heterocycles. The average molecular weight is 303 g/mol. The summed E-state index contributed by atoms with van der Waals surface area (Å²) in [4.78, 5) is 0. The molecule has 7 nitrogen and oxygen atoms in total. The van der Waals surface area contributed by atoms with Gasteiger partial charge in [-0.2, -0.15) is 0 Å². The Labute approximate surface area is 117 Å². The third-order valence-corrected chi connectivity index (χ3v) is 3.01. The molecule has 1 saturated heterocycles. The van der Waals surface area contributed by atoms with Gasteiger partial charge in [-0.1, -0.05) is 0 Å². The molecule has 1 aliphatic heterocycles. The van der Waals surface area contributed by atoms with Gasteiger partial charge in [-0.05, 0) is 12.1 Å². The molecule has 112 valence electrons. The number of rotatable bonds is 8. The predicted molar refractivity (Wildman–Crippen MR) is 72.6 cm³/mol. The third kappa shape index (κ3) is 4.87. The number of benzene rings is 1. The van der Waals surface area contributed by atoms with Gasteiger partial charge in [0.15, 0.2) is 6.79 Å². The summed E-state index contributed by atoms with van der Waals surface area (Å²) in [6.07, 6.45) is 1.20. The number of hydrogen-bond acceptors (Lipinski definition) is 6. The van der Waals surface area contributed by atoms with Crippen LogP contribution in [0.5, 0.6) is 11.5 Å². The normalized spacial score (nSPS) is 17.6. The summed E-state index contributed by atoms with van der Waals surface area (Å²) in [6.45, 7) is 1.16. The van der Waals surface area contributed by atoms with Gasteiger partial charge >= 0.3 is 0 Å². The van der Waals surface area contributed by atoms with Crippen molar-refractivity contribution in [3.05, 3.63) is 18.2 Å². The summed E-state index contributed by atoms with van der Waals surface area (Å²) in [5.41, 5.74) is 0.304. The van der Waals surface area contributed by atoms with E-state index in [2.05, 4.69) is 4.72 Å². The van der Waals surface area contributed by atoms with Crippen LogP contribution in [0.2, 0.25) is 0 Å². The molecule has 0 spiro atoms. The lowest BCUT2D eigenvalue weighted by Gasteiger charge is -2.13. The second kappa shape index (κ2) is 6.29. The number of sulfonamides is 1. The largest absolute Gasteiger partial charge is 0.491 e. The number of hydrogen-bond donors (Lipinski definition) is 1. The van der Waals surface area contributed by atoms with Crippen LogP contribution in [-0.2, 0) is 19.5 Å². The zero-order valence-electron chi connectivity index (χ0n) is 11.3. The monoisotopic (exact) mass is 303 g/mol. The molecular weight excluding hydrogens is 286 g/mol. The van der Waals surface area contributed by atoms with Crippen LogP contribution in [0.25, 0.3) is 0 Å². The van der Waals surface area contributed by atoms with Crippen molar-refractivity contribution in [2.75, 3.05) is 38.1 Å². The highest BCUT2D eigenvalue weighted by Gasteiger charge is 2.23. The van der Waals surface area contributed by atoms with Gasteiger partial charge in [-0.25, -0.2) is 8.42 Å². The Morgan fingerprint density at radius 1 is 1.40 bits per heavy atom. The smallest absolute Gasteiger partial charge is 0.229 e. The van der Waals surface area contributed by atoms with Crippen LogP contribution >= 0.6 is 0 Å². The zero-order chi connectivity index (χ0) is 14.6. The van der Waals surface area contributed by atoms with Crippen molar-refractivity contribution in [1.29, 1.82) is 0 Å². The molecule has 1 atom stereocenters. The minimum Gasteiger partial charge on any atom is -0.491 e. The van der Waals surface area contributed by atoms with E-state index in [9.17, 15) is 8.42 Å². The standard InChI is InChI=1S/C12H17NO6S/c1-16-8-19-12-4-3-9(17-6-10-7-18-10)5-11(12)13-20(2,14)15/h3-5,10,13H,6-8H2,1-2H3. The Balaban J connectivity index is 2.13. The van der Waals surface area contributed by atoms with E-state index in [1.807, 2.05) is 0 Å². The maximum Gasteiger partial charge on any atom is 0.229 e. The summed E-state index contributed by atoms with van der Waals surface area (Å²) in [6, 6.07) is 4.88. The van der Waals surface area contributed by atoms with Gasteiger partial charge in [0, 0.05) is 13.2 Å². The van der Waals surface area contributed by atoms with Crippen molar-refractivity contribution in [2.45, 2.75) is 6.10 Å². The first-order chi connectivity index (χ1) is 9.48. The van der Waals surface area contributed by atoms with Crippen LogP contribution in [-0.4, -0.2) is 47.9 Å². The van der Waals surface area contributed by atoms with Gasteiger partial charge in [0.25, 0.3) is 0 Å². The predicted octanol–water partition coefficient (Wildman–Crippen LogP) is 0.818. The van der Waals surface area contributed by atoms with Gasteiger partial charge in [0.1, 0.15) is 24.2 Å². The van der Waals surface area contributed by atoms with E-state index in [-0.39, 0.29) is 12.9 Å². The molecule has 1 fully saturated rings. The van der Waals surface area contributed by atoms with Crippen LogP contribution in [0.4, 0.5) is 5.69 Å². The Kier molecular flexibility index (Phi) is 4.69. The molecule has 0 aromatic heterocycles. The molecule has 0 bridgehead atoms. The Morgan fingerprint density at radius 3 is 2.75 bits per heavy atom. The molecular formula is C12H17NO6S. The Morgan fingerprint density at radius 2 is 2.15 bits per heavy atom. The van der Waals surface area contributed by atoms with Crippen LogP contribution in [0.1, 0.15) is 0 Å². The van der Waals surface area contributed by atoms with E-state index in [1.165, 1.54) is 7.11 Å². The summed E-state index contributed by atoms with van der Waals surface area (Å²) >= 11 is 0. The van der Waals surface area contributed by atoms with Crippen LogP contribution < -0.4 is 14.2 Å². The minimum absolute atomic E-state index is 0.0224. The minimum atomic E-state index is -3.41. The van der Waals surface area contributed by atoms with Crippen molar-refractivity contribution in [1.82, 2.24) is 0 Å². The lowest BCUT2D eigenvalue weighted by Crippen LogP contribution is -2.12. The van der Waals surface area contributed by atoms with Crippen molar-refractivity contribution in [3.8, 4) is 11.5 Å². The lowest BCUT2D eigenvalue weighted by molar-refractivity contribution is 0.0516. The molecule has 1 aromatic carbocycles. The van der Waals surface area contributed by atoms with E-state index in [0.29, 0.717) is 30.4 Å². The topological polar surface area (TPSA) is 86.4 Å². The molecule has 20 heavy (non-hydrogen) atoms. The fourth-order valence-electron chi connectivity index (χ4n) is 1.48. The summed E-state index contributed by atoms with van der Waals surface area (Å²) in [5.74, 6) is 0.906. The van der Waals surface area contributed by atoms with Crippen LogP contribution in [0.3, 0.4) is 0 Å². The molecule has 1 aromatic rings. The molecule has 1 aliphatic rings. The second-order valence-electron chi connectivity index (χ2n) is 4.35. The highest BCUT2D eigenvalue weighted by Crippen LogP contribution is 2.30. The van der Waals surface area contributed by atoms with Crippen molar-refractivity contribution < 1.29 is 27.4 Å². The molecule has 8 heteroatoms. The molecule has 0 aliphatic carbocycles. The molecule has 1 unspecified atom stereocenters. The van der Waals surface area contributed by atoms with Crippen LogP contribution in [0.15, 0.2) is 18.2 Å².